The molecule has 0 spiro atoms. The monoisotopic (exact) mass is 398 g/mol. The molecule has 4 heteroatoms. The van der Waals surface area contributed by atoms with Crippen LogP contribution in [0.25, 0.3) is 11.1 Å². The summed E-state index contributed by atoms with van der Waals surface area (Å²) in [5, 5.41) is 0. The van der Waals surface area contributed by atoms with Gasteiger partial charge < -0.3 is 10.3 Å². The Balaban J connectivity index is 2.17. The zero-order valence-corrected chi connectivity index (χ0v) is 18.0. The summed E-state index contributed by atoms with van der Waals surface area (Å²) in [7, 11) is 0. The number of hydrogen-bond donors (Lipinski definition) is 1. The minimum Gasteiger partial charge on any atom is -0.366 e. The first-order valence-corrected chi connectivity index (χ1v) is 11.3. The van der Waals surface area contributed by atoms with Gasteiger partial charge in [0.25, 0.3) is 5.91 Å². The molecule has 2 N–H and O–H groups in total. The van der Waals surface area contributed by atoms with Crippen molar-refractivity contribution in [3.63, 3.8) is 0 Å². The fourth-order valence-corrected chi connectivity index (χ4v) is 5.00. The van der Waals surface area contributed by atoms with Crippen molar-refractivity contribution in [1.29, 1.82) is 0 Å². The van der Waals surface area contributed by atoms with Crippen molar-refractivity contribution in [2.45, 2.75) is 90.5 Å². The molecular formula is C25H35FN2O. The van der Waals surface area contributed by atoms with Crippen LogP contribution in [0.15, 0.2) is 24.3 Å². The Morgan fingerprint density at radius 1 is 1.14 bits per heavy atom. The molecule has 0 atom stereocenters. The summed E-state index contributed by atoms with van der Waals surface area (Å²) in [6.45, 7) is 4.21. The minimum absolute atomic E-state index is 0.284. The second kappa shape index (κ2) is 10.1. The van der Waals surface area contributed by atoms with Gasteiger partial charge in [-0.05, 0) is 50.3 Å². The summed E-state index contributed by atoms with van der Waals surface area (Å²) < 4.78 is 16.5. The molecule has 0 aliphatic heterocycles. The number of hydrogen-bond acceptors (Lipinski definition) is 1. The van der Waals surface area contributed by atoms with Gasteiger partial charge in [-0.1, -0.05) is 64.0 Å². The molecule has 0 bridgehead atoms. The van der Waals surface area contributed by atoms with E-state index in [4.69, 9.17) is 5.73 Å². The number of primary amides is 1. The number of unbranched alkanes of at least 4 members (excludes halogenated alkanes) is 2. The van der Waals surface area contributed by atoms with Crippen molar-refractivity contribution in [3.05, 3.63) is 47.0 Å². The molecule has 1 aliphatic rings. The highest BCUT2D eigenvalue weighted by molar-refractivity contribution is 6.02. The van der Waals surface area contributed by atoms with E-state index in [2.05, 4.69) is 11.5 Å². The second-order valence-electron chi connectivity index (χ2n) is 8.48. The van der Waals surface area contributed by atoms with Crippen LogP contribution >= 0.6 is 0 Å². The molecule has 1 saturated carbocycles. The smallest absolute Gasteiger partial charge is 0.251 e. The Morgan fingerprint density at radius 3 is 2.45 bits per heavy atom. The van der Waals surface area contributed by atoms with Crippen molar-refractivity contribution in [2.75, 3.05) is 0 Å². The van der Waals surface area contributed by atoms with Gasteiger partial charge in [-0.25, -0.2) is 4.39 Å². The molecule has 0 saturated heterocycles. The zero-order valence-electron chi connectivity index (χ0n) is 18.0. The topological polar surface area (TPSA) is 48.0 Å². The average molecular weight is 399 g/mol. The first-order chi connectivity index (χ1) is 14.0. The minimum atomic E-state index is -0.414. The summed E-state index contributed by atoms with van der Waals surface area (Å²) in [5.41, 5.74) is 10.2. The molecule has 158 valence electrons. The Morgan fingerprint density at radius 2 is 1.83 bits per heavy atom. The molecule has 1 amide bonds. The number of nitrogens with zero attached hydrogens (tertiary/aromatic N) is 1. The van der Waals surface area contributed by atoms with E-state index in [9.17, 15) is 9.18 Å². The number of carbonyl (C=O) groups is 1. The van der Waals surface area contributed by atoms with Gasteiger partial charge in [0.05, 0.1) is 5.56 Å². The summed E-state index contributed by atoms with van der Waals surface area (Å²) >= 11 is 0. The van der Waals surface area contributed by atoms with Crippen LogP contribution in [0, 0.1) is 12.7 Å². The Kier molecular flexibility index (Phi) is 7.51. The van der Waals surface area contributed by atoms with E-state index in [0.29, 0.717) is 11.6 Å². The maximum atomic E-state index is 14.1. The Bertz CT molecular complexity index is 832. The van der Waals surface area contributed by atoms with E-state index in [1.165, 1.54) is 49.9 Å². The van der Waals surface area contributed by atoms with Crippen molar-refractivity contribution in [3.8, 4) is 11.1 Å². The lowest BCUT2D eigenvalue weighted by atomic mass is 9.95. The highest BCUT2D eigenvalue weighted by Gasteiger charge is 2.28. The van der Waals surface area contributed by atoms with Crippen LogP contribution < -0.4 is 5.73 Å². The van der Waals surface area contributed by atoms with Crippen molar-refractivity contribution in [2.24, 2.45) is 5.73 Å². The lowest BCUT2D eigenvalue weighted by Crippen LogP contribution is -2.17. The molecule has 1 heterocycles. The van der Waals surface area contributed by atoms with Gasteiger partial charge in [0.1, 0.15) is 5.82 Å². The van der Waals surface area contributed by atoms with Gasteiger partial charge in [0.2, 0.25) is 0 Å². The third-order valence-electron chi connectivity index (χ3n) is 6.37. The fourth-order valence-electron chi connectivity index (χ4n) is 5.00. The van der Waals surface area contributed by atoms with Gasteiger partial charge in [0, 0.05) is 23.0 Å². The maximum absolute atomic E-state index is 14.1. The van der Waals surface area contributed by atoms with Crippen LogP contribution in [0.5, 0.6) is 0 Å². The van der Waals surface area contributed by atoms with Crippen LogP contribution in [0.2, 0.25) is 0 Å². The van der Waals surface area contributed by atoms with Gasteiger partial charge in [0.15, 0.2) is 0 Å². The number of carbonyl (C=O) groups excluding carboxylic acids is 1. The predicted molar refractivity (Wildman–Crippen MR) is 118 cm³/mol. The summed E-state index contributed by atoms with van der Waals surface area (Å²) in [6, 6.07) is 6.99. The first kappa shape index (κ1) is 21.6. The highest BCUT2D eigenvalue weighted by Crippen LogP contribution is 2.39. The van der Waals surface area contributed by atoms with Gasteiger partial charge >= 0.3 is 0 Å². The van der Waals surface area contributed by atoms with Crippen molar-refractivity contribution < 1.29 is 9.18 Å². The molecular weight excluding hydrogens is 363 g/mol. The zero-order chi connectivity index (χ0) is 20.8. The number of nitrogens with two attached hydrogens (primary N) is 1. The average Bonchev–Trinajstić information content (AvgIpc) is 2.94. The van der Waals surface area contributed by atoms with Crippen molar-refractivity contribution in [1.82, 2.24) is 4.57 Å². The van der Waals surface area contributed by atoms with Crippen LogP contribution in [-0.4, -0.2) is 10.5 Å². The van der Waals surface area contributed by atoms with E-state index in [1.54, 1.807) is 6.07 Å². The van der Waals surface area contributed by atoms with Crippen LogP contribution in [0.4, 0.5) is 4.39 Å². The van der Waals surface area contributed by atoms with E-state index in [0.717, 1.165) is 55.3 Å². The number of rotatable bonds is 7. The summed E-state index contributed by atoms with van der Waals surface area (Å²) in [6.07, 6.45) is 12.8. The number of benzene rings is 1. The largest absolute Gasteiger partial charge is 0.366 e. The lowest BCUT2D eigenvalue weighted by molar-refractivity contribution is 0.1000. The van der Waals surface area contributed by atoms with Gasteiger partial charge in [-0.2, -0.15) is 0 Å². The molecule has 1 aromatic heterocycles. The molecule has 0 radical (unpaired) electrons. The molecule has 3 nitrogen and oxygen atoms in total. The van der Waals surface area contributed by atoms with Crippen LogP contribution in [0.3, 0.4) is 0 Å². The molecule has 29 heavy (non-hydrogen) atoms. The molecule has 3 rings (SSSR count). The molecule has 1 aliphatic carbocycles. The number of aromatic nitrogens is 1. The maximum Gasteiger partial charge on any atom is 0.251 e. The molecule has 1 fully saturated rings. The quantitative estimate of drug-likeness (QED) is 0.517. The second-order valence-corrected chi connectivity index (χ2v) is 8.48. The Labute approximate surface area is 174 Å². The van der Waals surface area contributed by atoms with Gasteiger partial charge in [-0.15, -0.1) is 0 Å². The first-order valence-electron chi connectivity index (χ1n) is 11.3. The standard InChI is InChI=1S/C25H35FN2O/c1-3-4-8-16-22-24(19-12-11-13-20(26)17-19)23(25(27)29)18(2)28(22)21-14-9-6-5-7-10-15-21/h11-13,17,21H,3-10,14-16H2,1-2H3,(H2,27,29). The van der Waals surface area contributed by atoms with E-state index >= 15 is 0 Å². The predicted octanol–water partition coefficient (Wildman–Crippen LogP) is 6.72. The third kappa shape index (κ3) is 4.91. The van der Waals surface area contributed by atoms with E-state index in [-0.39, 0.29) is 5.82 Å². The van der Waals surface area contributed by atoms with Crippen molar-refractivity contribution >= 4 is 5.91 Å². The van der Waals surface area contributed by atoms with E-state index < -0.39 is 5.91 Å². The van der Waals surface area contributed by atoms with Crippen LogP contribution in [-0.2, 0) is 6.42 Å². The summed E-state index contributed by atoms with van der Waals surface area (Å²) in [4.78, 5) is 12.5. The van der Waals surface area contributed by atoms with Gasteiger partial charge in [-0.3, -0.25) is 4.79 Å². The fraction of sp³-hybridized carbons (Fsp3) is 0.560. The normalized spacial score (nSPS) is 15.8. The SMILES string of the molecule is CCCCCc1c(-c2cccc(F)c2)c(C(N)=O)c(C)n1C1CCCCCCC1. The molecule has 1 aromatic carbocycles. The summed E-state index contributed by atoms with van der Waals surface area (Å²) in [5.74, 6) is -0.697. The van der Waals surface area contributed by atoms with E-state index in [1.807, 2.05) is 13.0 Å². The number of amides is 1. The van der Waals surface area contributed by atoms with Crippen LogP contribution in [0.1, 0.15) is 98.9 Å². The third-order valence-corrected chi connectivity index (χ3v) is 6.37. The number of halogens is 1. The Hall–Kier alpha value is -2.10. The lowest BCUT2D eigenvalue weighted by Gasteiger charge is -2.26. The highest BCUT2D eigenvalue weighted by atomic mass is 19.1. The molecule has 2 aromatic rings. The molecule has 0 unspecified atom stereocenters.